The van der Waals surface area contributed by atoms with E-state index in [1.165, 1.54) is 33.0 Å². The maximum atomic E-state index is 5.17. The van der Waals surface area contributed by atoms with Crippen molar-refractivity contribution in [2.45, 2.75) is 0 Å². The Kier molecular flexibility index (Phi) is 7.42. The van der Waals surface area contributed by atoms with Gasteiger partial charge in [-0.15, -0.1) is 0 Å². The first kappa shape index (κ1) is 31.9. The fraction of sp³-hybridized carbons (Fsp3) is 0. The van der Waals surface area contributed by atoms with E-state index in [9.17, 15) is 0 Å². The van der Waals surface area contributed by atoms with E-state index in [1.54, 1.807) is 0 Å². The molecule has 56 heavy (non-hydrogen) atoms. The number of aromatic nitrogens is 5. The Balaban J connectivity index is 1.13. The van der Waals surface area contributed by atoms with Gasteiger partial charge in [0.05, 0.1) is 22.1 Å². The summed E-state index contributed by atoms with van der Waals surface area (Å²) >= 11 is 0. The van der Waals surface area contributed by atoms with Crippen molar-refractivity contribution >= 4 is 43.6 Å². The first-order chi connectivity index (χ1) is 27.8. The Morgan fingerprint density at radius 1 is 0.268 bits per heavy atom. The smallest absolute Gasteiger partial charge is 0.238 e. The highest BCUT2D eigenvalue weighted by atomic mass is 15.2. The molecular formula is C51H33N5. The first-order valence-electron chi connectivity index (χ1n) is 18.9. The average molecular weight is 716 g/mol. The molecule has 0 saturated carbocycles. The van der Waals surface area contributed by atoms with Crippen LogP contribution >= 0.6 is 0 Å². The summed E-state index contributed by atoms with van der Waals surface area (Å²) < 4.78 is 4.59. The summed E-state index contributed by atoms with van der Waals surface area (Å²) in [6.07, 6.45) is 0. The third-order valence-electron chi connectivity index (χ3n) is 10.8. The molecule has 0 radical (unpaired) electrons. The van der Waals surface area contributed by atoms with Crippen molar-refractivity contribution in [1.82, 2.24) is 24.1 Å². The van der Waals surface area contributed by atoms with Gasteiger partial charge in [0.2, 0.25) is 5.95 Å². The predicted octanol–water partition coefficient (Wildman–Crippen LogP) is 12.7. The molecule has 0 N–H and O–H groups in total. The van der Waals surface area contributed by atoms with Crippen LogP contribution in [0.4, 0.5) is 0 Å². The van der Waals surface area contributed by atoms with E-state index in [0.29, 0.717) is 17.6 Å². The molecule has 0 aliphatic heterocycles. The molecule has 0 bridgehead atoms. The zero-order valence-electron chi connectivity index (χ0n) is 30.3. The van der Waals surface area contributed by atoms with Gasteiger partial charge in [0.1, 0.15) is 0 Å². The Morgan fingerprint density at radius 3 is 1.29 bits per heavy atom. The Hall–Kier alpha value is -7.63. The molecule has 0 aliphatic carbocycles. The normalized spacial score (nSPS) is 11.6. The van der Waals surface area contributed by atoms with Crippen LogP contribution in [0.3, 0.4) is 0 Å². The first-order valence-corrected chi connectivity index (χ1v) is 18.9. The summed E-state index contributed by atoms with van der Waals surface area (Å²) in [7, 11) is 0. The van der Waals surface area contributed by atoms with E-state index in [4.69, 9.17) is 15.0 Å². The highest BCUT2D eigenvalue weighted by molar-refractivity contribution is 6.19. The van der Waals surface area contributed by atoms with Gasteiger partial charge in [0, 0.05) is 38.4 Å². The molecule has 0 aliphatic rings. The molecule has 11 rings (SSSR count). The molecular weight excluding hydrogens is 683 g/mol. The van der Waals surface area contributed by atoms with Gasteiger partial charge in [-0.3, -0.25) is 4.57 Å². The number of para-hydroxylation sites is 2. The minimum Gasteiger partial charge on any atom is -0.309 e. The minimum atomic E-state index is 0.577. The summed E-state index contributed by atoms with van der Waals surface area (Å²) in [5.74, 6) is 1.84. The number of rotatable bonds is 6. The van der Waals surface area contributed by atoms with Crippen molar-refractivity contribution in [2.24, 2.45) is 0 Å². The molecule has 11 aromatic rings. The van der Waals surface area contributed by atoms with Crippen LogP contribution in [0.5, 0.6) is 0 Å². The predicted molar refractivity (Wildman–Crippen MR) is 230 cm³/mol. The quantitative estimate of drug-likeness (QED) is 0.172. The van der Waals surface area contributed by atoms with Gasteiger partial charge in [-0.25, -0.2) is 4.98 Å². The van der Waals surface area contributed by atoms with Gasteiger partial charge in [0.15, 0.2) is 11.6 Å². The van der Waals surface area contributed by atoms with Crippen LogP contribution in [0.25, 0.3) is 100 Å². The lowest BCUT2D eigenvalue weighted by Crippen LogP contribution is -2.06. The van der Waals surface area contributed by atoms with Crippen molar-refractivity contribution in [3.8, 4) is 56.7 Å². The topological polar surface area (TPSA) is 48.5 Å². The standard InChI is InChI=1S/C51H33N5/c1-4-15-34(16-5-1)38-21-14-22-39(31-38)35-27-29-40(30-28-35)55-45-25-12-10-23-41(45)43-32-44-42-24-11-13-26-46(42)56(48(44)33-47(43)55)51-53-49(36-17-6-2-7-18-36)52-50(54-51)37-19-8-3-9-20-37/h1-33H. The van der Waals surface area contributed by atoms with E-state index in [-0.39, 0.29) is 0 Å². The SMILES string of the molecule is c1ccc(-c2cccc(-c3ccc(-n4c5ccccc5c5cc6c7ccccc7n(-c7nc(-c8ccccc8)nc(-c8ccccc8)n7)c6cc54)cc3)c2)cc1. The van der Waals surface area contributed by atoms with Crippen LogP contribution in [-0.4, -0.2) is 24.1 Å². The van der Waals surface area contributed by atoms with E-state index < -0.39 is 0 Å². The van der Waals surface area contributed by atoms with E-state index in [0.717, 1.165) is 49.7 Å². The monoisotopic (exact) mass is 715 g/mol. The number of fused-ring (bicyclic) bond motifs is 6. The zero-order chi connectivity index (χ0) is 37.0. The maximum absolute atomic E-state index is 5.17. The van der Waals surface area contributed by atoms with Crippen molar-refractivity contribution < 1.29 is 0 Å². The molecule has 3 aromatic heterocycles. The summed E-state index contributed by atoms with van der Waals surface area (Å²) in [5.41, 5.74) is 12.1. The van der Waals surface area contributed by atoms with Gasteiger partial charge in [0.25, 0.3) is 0 Å². The van der Waals surface area contributed by atoms with Crippen molar-refractivity contribution in [2.75, 3.05) is 0 Å². The minimum absolute atomic E-state index is 0.577. The van der Waals surface area contributed by atoms with Crippen molar-refractivity contribution in [1.29, 1.82) is 0 Å². The lowest BCUT2D eigenvalue weighted by atomic mass is 9.99. The molecule has 0 atom stereocenters. The van der Waals surface area contributed by atoms with Gasteiger partial charge in [-0.2, -0.15) is 9.97 Å². The second kappa shape index (κ2) is 13.0. The Bertz CT molecular complexity index is 3160. The van der Waals surface area contributed by atoms with Gasteiger partial charge >= 0.3 is 0 Å². The molecule has 3 heterocycles. The van der Waals surface area contributed by atoms with E-state index in [2.05, 4.69) is 149 Å². The Morgan fingerprint density at radius 2 is 0.714 bits per heavy atom. The van der Waals surface area contributed by atoms with Crippen LogP contribution in [0.15, 0.2) is 200 Å². The molecule has 0 amide bonds. The highest BCUT2D eigenvalue weighted by Crippen LogP contribution is 2.40. The molecule has 262 valence electrons. The molecule has 5 nitrogen and oxygen atoms in total. The number of hydrogen-bond donors (Lipinski definition) is 0. The third-order valence-corrected chi connectivity index (χ3v) is 10.8. The zero-order valence-corrected chi connectivity index (χ0v) is 30.3. The summed E-state index contributed by atoms with van der Waals surface area (Å²) in [5, 5.41) is 4.69. The van der Waals surface area contributed by atoms with Crippen molar-refractivity contribution in [3.63, 3.8) is 0 Å². The fourth-order valence-electron chi connectivity index (χ4n) is 8.13. The average Bonchev–Trinajstić information content (AvgIpc) is 3.78. The molecule has 0 spiro atoms. The number of hydrogen-bond acceptors (Lipinski definition) is 3. The van der Waals surface area contributed by atoms with Gasteiger partial charge in [-0.1, -0.05) is 158 Å². The van der Waals surface area contributed by atoms with Crippen LogP contribution in [0.2, 0.25) is 0 Å². The lowest BCUT2D eigenvalue weighted by Gasteiger charge is -2.12. The summed E-state index contributed by atoms with van der Waals surface area (Å²) in [4.78, 5) is 15.3. The third kappa shape index (κ3) is 5.29. The largest absolute Gasteiger partial charge is 0.309 e. The van der Waals surface area contributed by atoms with E-state index >= 15 is 0 Å². The molecule has 0 saturated heterocycles. The maximum Gasteiger partial charge on any atom is 0.238 e. The lowest BCUT2D eigenvalue weighted by molar-refractivity contribution is 0.953. The highest BCUT2D eigenvalue weighted by Gasteiger charge is 2.21. The summed E-state index contributed by atoms with van der Waals surface area (Å²) in [6.45, 7) is 0. The van der Waals surface area contributed by atoms with Crippen LogP contribution in [-0.2, 0) is 0 Å². The van der Waals surface area contributed by atoms with E-state index in [1.807, 2.05) is 60.7 Å². The Labute approximate surface area is 323 Å². The van der Waals surface area contributed by atoms with Crippen LogP contribution in [0.1, 0.15) is 0 Å². The molecule has 5 heteroatoms. The molecule has 0 unspecified atom stereocenters. The molecule has 0 fully saturated rings. The number of benzene rings is 8. The second-order valence-corrected chi connectivity index (χ2v) is 14.1. The second-order valence-electron chi connectivity index (χ2n) is 14.1. The summed E-state index contributed by atoms with van der Waals surface area (Å²) in [6, 6.07) is 70.5. The number of nitrogens with zero attached hydrogens (tertiary/aromatic N) is 5. The fourth-order valence-corrected chi connectivity index (χ4v) is 8.13. The molecule has 8 aromatic carbocycles. The van der Waals surface area contributed by atoms with Gasteiger partial charge < -0.3 is 4.57 Å². The van der Waals surface area contributed by atoms with Crippen molar-refractivity contribution in [3.05, 3.63) is 200 Å². The van der Waals surface area contributed by atoms with Crippen LogP contribution < -0.4 is 0 Å². The van der Waals surface area contributed by atoms with Crippen LogP contribution in [0, 0.1) is 0 Å². The van der Waals surface area contributed by atoms with Gasteiger partial charge in [-0.05, 0) is 64.7 Å².